The van der Waals surface area contributed by atoms with Gasteiger partial charge in [-0.1, -0.05) is 12.1 Å². The molecule has 1 aromatic carbocycles. The minimum atomic E-state index is -0.136. The highest BCUT2D eigenvalue weighted by Gasteiger charge is 2.00. The van der Waals surface area contributed by atoms with E-state index in [1.165, 1.54) is 15.8 Å². The van der Waals surface area contributed by atoms with Gasteiger partial charge in [0, 0.05) is 22.8 Å². The Morgan fingerprint density at radius 3 is 2.59 bits per heavy atom. The third-order valence-electron chi connectivity index (χ3n) is 2.65. The Morgan fingerprint density at radius 2 is 1.94 bits per heavy atom. The Balaban J connectivity index is 1.87. The Kier molecular flexibility index (Phi) is 3.92. The molecule has 90 valence electrons. The smallest absolute Gasteiger partial charge is 0.126 e. The summed E-state index contributed by atoms with van der Waals surface area (Å²) in [5.74, 6) is -0.136. The fraction of sp³-hybridized carbons (Fsp3) is 0.286. The third kappa shape index (κ3) is 3.38. The van der Waals surface area contributed by atoms with Crippen LogP contribution >= 0.6 is 11.3 Å². The van der Waals surface area contributed by atoms with Crippen LogP contribution < -0.4 is 5.32 Å². The van der Waals surface area contributed by atoms with E-state index in [4.69, 9.17) is 0 Å². The molecule has 0 saturated carbocycles. The molecule has 0 fully saturated rings. The first-order valence-electron chi connectivity index (χ1n) is 5.66. The van der Waals surface area contributed by atoms with Gasteiger partial charge in [0.2, 0.25) is 0 Å². The summed E-state index contributed by atoms with van der Waals surface area (Å²) in [6.45, 7) is 5.55. The van der Waals surface area contributed by atoms with Crippen LogP contribution in [-0.4, -0.2) is 0 Å². The number of thiophene rings is 1. The van der Waals surface area contributed by atoms with Crippen LogP contribution in [0.4, 0.5) is 4.39 Å². The molecule has 0 aliphatic carbocycles. The number of hydrogen-bond acceptors (Lipinski definition) is 2. The molecule has 1 nitrogen and oxygen atoms in total. The van der Waals surface area contributed by atoms with Gasteiger partial charge < -0.3 is 5.32 Å². The molecule has 1 N–H and O–H groups in total. The first-order chi connectivity index (χ1) is 8.15. The Bertz CT molecular complexity index is 505. The summed E-state index contributed by atoms with van der Waals surface area (Å²) >= 11 is 1.81. The molecular formula is C14H16FNS. The van der Waals surface area contributed by atoms with Crippen molar-refractivity contribution in [2.24, 2.45) is 0 Å². The second kappa shape index (κ2) is 5.43. The molecule has 0 spiro atoms. The van der Waals surface area contributed by atoms with Crippen LogP contribution in [0.15, 0.2) is 30.3 Å². The van der Waals surface area contributed by atoms with E-state index in [0.717, 1.165) is 18.7 Å². The summed E-state index contributed by atoms with van der Waals surface area (Å²) in [7, 11) is 0. The molecule has 17 heavy (non-hydrogen) atoms. The fourth-order valence-electron chi connectivity index (χ4n) is 1.73. The lowest BCUT2D eigenvalue weighted by atomic mass is 10.1. The SMILES string of the molecule is Cc1ccc(CNCc2ccc(F)c(C)c2)s1. The number of benzene rings is 1. The van der Waals surface area contributed by atoms with E-state index in [9.17, 15) is 4.39 Å². The molecule has 0 radical (unpaired) electrons. The van der Waals surface area contributed by atoms with Gasteiger partial charge in [-0.25, -0.2) is 4.39 Å². The zero-order chi connectivity index (χ0) is 12.3. The maximum atomic E-state index is 13.1. The number of rotatable bonds is 4. The van der Waals surface area contributed by atoms with Crippen LogP contribution in [0.3, 0.4) is 0 Å². The second-order valence-electron chi connectivity index (χ2n) is 4.20. The molecule has 0 bridgehead atoms. The van der Waals surface area contributed by atoms with Crippen molar-refractivity contribution in [3.63, 3.8) is 0 Å². The number of aryl methyl sites for hydroxylation is 2. The molecule has 2 aromatic rings. The van der Waals surface area contributed by atoms with E-state index in [0.29, 0.717) is 5.56 Å². The van der Waals surface area contributed by atoms with Gasteiger partial charge in [0.05, 0.1) is 0 Å². The van der Waals surface area contributed by atoms with Crippen molar-refractivity contribution in [1.82, 2.24) is 5.32 Å². The standard InChI is InChI=1S/C14H16FNS/c1-10-7-12(4-6-14(10)15)8-16-9-13-5-3-11(2)17-13/h3-7,16H,8-9H2,1-2H3. The summed E-state index contributed by atoms with van der Waals surface area (Å²) in [5, 5.41) is 3.37. The highest BCUT2D eigenvalue weighted by atomic mass is 32.1. The zero-order valence-electron chi connectivity index (χ0n) is 10.1. The van der Waals surface area contributed by atoms with Gasteiger partial charge in [-0.3, -0.25) is 0 Å². The summed E-state index contributed by atoms with van der Waals surface area (Å²) < 4.78 is 13.1. The first kappa shape index (κ1) is 12.3. The lowest BCUT2D eigenvalue weighted by molar-refractivity contribution is 0.615. The maximum absolute atomic E-state index is 13.1. The van der Waals surface area contributed by atoms with E-state index in [2.05, 4.69) is 24.4 Å². The van der Waals surface area contributed by atoms with Gasteiger partial charge in [0.15, 0.2) is 0 Å². The van der Waals surface area contributed by atoms with E-state index >= 15 is 0 Å². The van der Waals surface area contributed by atoms with Crippen molar-refractivity contribution in [2.45, 2.75) is 26.9 Å². The van der Waals surface area contributed by atoms with E-state index < -0.39 is 0 Å². The van der Waals surface area contributed by atoms with Gasteiger partial charge in [-0.05, 0) is 43.2 Å². The van der Waals surface area contributed by atoms with E-state index in [1.54, 1.807) is 18.3 Å². The van der Waals surface area contributed by atoms with Crippen molar-refractivity contribution in [3.8, 4) is 0 Å². The quantitative estimate of drug-likeness (QED) is 0.869. The van der Waals surface area contributed by atoms with Gasteiger partial charge in [-0.2, -0.15) is 0 Å². The lowest BCUT2D eigenvalue weighted by Gasteiger charge is -2.05. The molecule has 1 aromatic heterocycles. The maximum Gasteiger partial charge on any atom is 0.126 e. The van der Waals surface area contributed by atoms with Gasteiger partial charge >= 0.3 is 0 Å². The van der Waals surface area contributed by atoms with Crippen LogP contribution in [-0.2, 0) is 13.1 Å². The topological polar surface area (TPSA) is 12.0 Å². The molecule has 0 aliphatic heterocycles. The summed E-state index contributed by atoms with van der Waals surface area (Å²) in [4.78, 5) is 2.67. The second-order valence-corrected chi connectivity index (χ2v) is 5.57. The fourth-order valence-corrected chi connectivity index (χ4v) is 2.59. The molecule has 0 saturated heterocycles. The summed E-state index contributed by atoms with van der Waals surface area (Å²) in [6.07, 6.45) is 0. The molecule has 0 aliphatic rings. The number of halogens is 1. The Labute approximate surface area is 105 Å². The highest BCUT2D eigenvalue weighted by molar-refractivity contribution is 7.11. The van der Waals surface area contributed by atoms with Gasteiger partial charge in [-0.15, -0.1) is 11.3 Å². The molecule has 0 atom stereocenters. The molecule has 0 amide bonds. The normalized spacial score (nSPS) is 10.8. The molecular weight excluding hydrogens is 233 g/mol. The van der Waals surface area contributed by atoms with Crippen LogP contribution in [0.5, 0.6) is 0 Å². The average molecular weight is 249 g/mol. The average Bonchev–Trinajstić information content (AvgIpc) is 2.70. The van der Waals surface area contributed by atoms with Crippen LogP contribution in [0.2, 0.25) is 0 Å². The van der Waals surface area contributed by atoms with E-state index in [-0.39, 0.29) is 5.82 Å². The van der Waals surface area contributed by atoms with Gasteiger partial charge in [0.25, 0.3) is 0 Å². The summed E-state index contributed by atoms with van der Waals surface area (Å²) in [5.41, 5.74) is 1.83. The molecule has 3 heteroatoms. The van der Waals surface area contributed by atoms with E-state index in [1.807, 2.05) is 12.1 Å². The number of hydrogen-bond donors (Lipinski definition) is 1. The minimum absolute atomic E-state index is 0.136. The molecule has 1 heterocycles. The molecule has 2 rings (SSSR count). The van der Waals surface area contributed by atoms with Crippen LogP contribution in [0, 0.1) is 19.7 Å². The highest BCUT2D eigenvalue weighted by Crippen LogP contribution is 2.15. The Hall–Kier alpha value is -1.19. The third-order valence-corrected chi connectivity index (χ3v) is 3.65. The minimum Gasteiger partial charge on any atom is -0.308 e. The van der Waals surface area contributed by atoms with Crippen molar-refractivity contribution in [3.05, 3.63) is 57.0 Å². The van der Waals surface area contributed by atoms with Crippen molar-refractivity contribution < 1.29 is 4.39 Å². The van der Waals surface area contributed by atoms with Crippen molar-refractivity contribution in [2.75, 3.05) is 0 Å². The van der Waals surface area contributed by atoms with Crippen LogP contribution in [0.1, 0.15) is 20.9 Å². The zero-order valence-corrected chi connectivity index (χ0v) is 10.9. The largest absolute Gasteiger partial charge is 0.308 e. The number of nitrogens with one attached hydrogen (secondary N) is 1. The molecule has 0 unspecified atom stereocenters. The predicted octanol–water partition coefficient (Wildman–Crippen LogP) is 3.79. The Morgan fingerprint density at radius 1 is 1.12 bits per heavy atom. The van der Waals surface area contributed by atoms with Crippen molar-refractivity contribution in [1.29, 1.82) is 0 Å². The summed E-state index contributed by atoms with van der Waals surface area (Å²) in [6, 6.07) is 9.52. The monoisotopic (exact) mass is 249 g/mol. The van der Waals surface area contributed by atoms with Crippen molar-refractivity contribution >= 4 is 11.3 Å². The predicted molar refractivity (Wildman–Crippen MR) is 70.7 cm³/mol. The first-order valence-corrected chi connectivity index (χ1v) is 6.48. The van der Waals surface area contributed by atoms with Gasteiger partial charge in [0.1, 0.15) is 5.82 Å². The van der Waals surface area contributed by atoms with Crippen LogP contribution in [0.25, 0.3) is 0 Å². The lowest BCUT2D eigenvalue weighted by Crippen LogP contribution is -2.11.